The Labute approximate surface area is 235 Å². The maximum absolute atomic E-state index is 12.8. The van der Waals surface area contributed by atoms with Crippen molar-refractivity contribution >= 4 is 7.60 Å². The van der Waals surface area contributed by atoms with Gasteiger partial charge in [-0.3, -0.25) is 4.57 Å². The first kappa shape index (κ1) is 36.5. The van der Waals surface area contributed by atoms with Crippen molar-refractivity contribution < 1.29 is 13.8 Å². The molecule has 38 heavy (non-hydrogen) atoms. The second-order valence-electron chi connectivity index (χ2n) is 10.7. The summed E-state index contributed by atoms with van der Waals surface area (Å²) in [5.41, 5.74) is 13.8. The van der Waals surface area contributed by atoms with Crippen LogP contribution in [-0.2, 0) is 13.8 Å². The molecule has 6 heteroatoms. The lowest BCUT2D eigenvalue weighted by molar-refractivity contribution is 0.110. The van der Waals surface area contributed by atoms with E-state index in [4.69, 9.17) is 9.25 Å². The molecule has 0 heterocycles. The summed E-state index contributed by atoms with van der Waals surface area (Å²) in [7, 11) is -3.23. The lowest BCUT2D eigenvalue weighted by Crippen LogP contribution is -2.20. The maximum atomic E-state index is 12.8. The number of hydroxylamine groups is 2. The molecule has 0 aliphatic heterocycles. The summed E-state index contributed by atoms with van der Waals surface area (Å²) in [6, 6.07) is 0. The molecule has 218 valence electrons. The molecule has 0 aromatic heterocycles. The largest absolute Gasteiger partial charge is 0.362 e. The second kappa shape index (κ2) is 22.3. The van der Waals surface area contributed by atoms with E-state index in [-0.39, 0.29) is 6.16 Å². The highest BCUT2D eigenvalue weighted by atomic mass is 31.2. The number of rotatable bonds is 21. The first-order valence-electron chi connectivity index (χ1n) is 14.3. The molecular weight excluding hydrogens is 491 g/mol. The van der Waals surface area contributed by atoms with Gasteiger partial charge >= 0.3 is 7.60 Å². The van der Waals surface area contributed by atoms with Gasteiger partial charge in [0, 0.05) is 13.1 Å². The summed E-state index contributed by atoms with van der Waals surface area (Å²) in [5.74, 6) is 0. The molecule has 0 aromatic rings. The van der Waals surface area contributed by atoms with Crippen LogP contribution in [0.15, 0.2) is 69.9 Å². The molecule has 0 saturated carbocycles. The van der Waals surface area contributed by atoms with Crippen LogP contribution in [0.3, 0.4) is 0 Å². The van der Waals surface area contributed by atoms with Crippen LogP contribution in [0.4, 0.5) is 0 Å². The molecular formula is C32H57N2O3P. The lowest BCUT2D eigenvalue weighted by atomic mass is 10.1. The average Bonchev–Trinajstić information content (AvgIpc) is 2.84. The van der Waals surface area contributed by atoms with Gasteiger partial charge in [-0.05, 0) is 107 Å². The molecule has 0 rings (SSSR count). The number of hydrogen-bond acceptors (Lipinski definition) is 5. The van der Waals surface area contributed by atoms with Gasteiger partial charge in [0.15, 0.2) is 0 Å². The Morgan fingerprint density at radius 3 is 1.18 bits per heavy atom. The Hall–Kier alpha value is -1.49. The summed E-state index contributed by atoms with van der Waals surface area (Å²) in [4.78, 5) is 0. The Balaban J connectivity index is 4.25. The van der Waals surface area contributed by atoms with Crippen molar-refractivity contribution in [3.8, 4) is 0 Å². The van der Waals surface area contributed by atoms with E-state index in [1.54, 1.807) is 6.92 Å². The van der Waals surface area contributed by atoms with E-state index in [2.05, 4.69) is 103 Å². The van der Waals surface area contributed by atoms with Gasteiger partial charge < -0.3 is 0 Å². The normalized spacial score (nSPS) is 14.9. The highest BCUT2D eigenvalue weighted by molar-refractivity contribution is 7.53. The Morgan fingerprint density at radius 1 is 0.553 bits per heavy atom. The van der Waals surface area contributed by atoms with Crippen LogP contribution in [0, 0.1) is 0 Å². The average molecular weight is 549 g/mol. The number of hydrogen-bond donors (Lipinski definition) is 2. The molecule has 0 aliphatic carbocycles. The second-order valence-corrected chi connectivity index (χ2v) is 12.9. The van der Waals surface area contributed by atoms with Crippen molar-refractivity contribution in [1.82, 2.24) is 11.0 Å². The fourth-order valence-electron chi connectivity index (χ4n) is 3.53. The van der Waals surface area contributed by atoms with Gasteiger partial charge in [-0.15, -0.1) is 0 Å². The van der Waals surface area contributed by atoms with E-state index in [1.807, 2.05) is 0 Å². The van der Waals surface area contributed by atoms with E-state index in [9.17, 15) is 4.57 Å². The van der Waals surface area contributed by atoms with Crippen molar-refractivity contribution in [1.29, 1.82) is 0 Å². The smallest absolute Gasteiger partial charge is 0.257 e. The minimum Gasteiger partial charge on any atom is -0.257 e. The Kier molecular flexibility index (Phi) is 21.5. The minimum absolute atomic E-state index is 0.284. The summed E-state index contributed by atoms with van der Waals surface area (Å²) in [6.07, 6.45) is 22.2. The third kappa shape index (κ3) is 22.5. The molecule has 5 nitrogen and oxygen atoms in total. The fraction of sp³-hybridized carbons (Fsp3) is 0.625. The molecule has 0 saturated heterocycles. The van der Waals surface area contributed by atoms with Crippen LogP contribution in [-0.4, -0.2) is 19.3 Å². The zero-order valence-electron chi connectivity index (χ0n) is 25.9. The first-order chi connectivity index (χ1) is 18.0. The van der Waals surface area contributed by atoms with E-state index < -0.39 is 7.60 Å². The third-order valence-corrected chi connectivity index (χ3v) is 7.70. The minimum atomic E-state index is -3.23. The lowest BCUT2D eigenvalue weighted by Gasteiger charge is -2.16. The molecule has 0 fully saturated rings. The zero-order chi connectivity index (χ0) is 28.8. The molecule has 0 unspecified atom stereocenters. The summed E-state index contributed by atoms with van der Waals surface area (Å²) < 4.78 is 23.6. The van der Waals surface area contributed by atoms with Gasteiger partial charge in [-0.1, -0.05) is 76.8 Å². The summed E-state index contributed by atoms with van der Waals surface area (Å²) in [5, 5.41) is 0. The molecule has 0 aliphatic rings. The van der Waals surface area contributed by atoms with Crippen molar-refractivity contribution in [2.75, 3.05) is 19.3 Å². The Morgan fingerprint density at radius 2 is 0.868 bits per heavy atom. The fourth-order valence-corrected chi connectivity index (χ4v) is 4.37. The standard InChI is InChI=1S/C32H57N2O3P/c1-10-38(35,36-33-25-23-31(8)21-13-19-29(6)17-11-15-27(2)3)37-34-26-24-32(9)22-14-20-30(7)18-12-16-28(4)5/h15-16,19-20,23-24,33-34H,10-14,17-18,21-22,25-26H2,1-9H3. The predicted octanol–water partition coefficient (Wildman–Crippen LogP) is 10.1. The highest BCUT2D eigenvalue weighted by Gasteiger charge is 2.22. The van der Waals surface area contributed by atoms with Crippen LogP contribution >= 0.6 is 7.60 Å². The van der Waals surface area contributed by atoms with Crippen LogP contribution in [0.5, 0.6) is 0 Å². The van der Waals surface area contributed by atoms with Crippen LogP contribution in [0.2, 0.25) is 0 Å². The monoisotopic (exact) mass is 548 g/mol. The van der Waals surface area contributed by atoms with Crippen LogP contribution < -0.4 is 11.0 Å². The predicted molar refractivity (Wildman–Crippen MR) is 167 cm³/mol. The SMILES string of the molecule is CCP(=O)(ONCC=C(C)CCC=C(C)CCC=C(C)C)ONCC=C(C)CCC=C(C)CCC=C(C)C. The molecule has 0 radical (unpaired) electrons. The number of allylic oxidation sites excluding steroid dienone is 10. The third-order valence-electron chi connectivity index (χ3n) is 6.11. The topological polar surface area (TPSA) is 59.6 Å². The van der Waals surface area contributed by atoms with Crippen LogP contribution in [0.1, 0.15) is 114 Å². The quantitative estimate of drug-likeness (QED) is 0.0647. The van der Waals surface area contributed by atoms with E-state index in [0.717, 1.165) is 51.4 Å². The van der Waals surface area contributed by atoms with Crippen molar-refractivity contribution in [2.45, 2.75) is 114 Å². The van der Waals surface area contributed by atoms with Gasteiger partial charge in [0.25, 0.3) is 0 Å². The number of nitrogens with one attached hydrogen (secondary N) is 2. The first-order valence-corrected chi connectivity index (χ1v) is 16.0. The van der Waals surface area contributed by atoms with E-state index in [0.29, 0.717) is 13.1 Å². The van der Waals surface area contributed by atoms with Gasteiger partial charge in [0.05, 0.1) is 6.16 Å². The molecule has 0 aromatic carbocycles. The Bertz CT molecular complexity index is 818. The van der Waals surface area contributed by atoms with E-state index in [1.165, 1.54) is 33.4 Å². The molecule has 0 atom stereocenters. The van der Waals surface area contributed by atoms with Gasteiger partial charge in [0.2, 0.25) is 0 Å². The maximum Gasteiger partial charge on any atom is 0.362 e. The van der Waals surface area contributed by atoms with Gasteiger partial charge in [-0.25, -0.2) is 9.25 Å². The molecule has 0 bridgehead atoms. The van der Waals surface area contributed by atoms with Gasteiger partial charge in [-0.2, -0.15) is 11.0 Å². The van der Waals surface area contributed by atoms with Crippen molar-refractivity contribution in [3.63, 3.8) is 0 Å². The molecule has 2 N–H and O–H groups in total. The molecule has 0 spiro atoms. The highest BCUT2D eigenvalue weighted by Crippen LogP contribution is 2.45. The zero-order valence-corrected chi connectivity index (χ0v) is 26.8. The van der Waals surface area contributed by atoms with Crippen LogP contribution in [0.25, 0.3) is 0 Å². The van der Waals surface area contributed by atoms with Crippen molar-refractivity contribution in [2.24, 2.45) is 0 Å². The van der Waals surface area contributed by atoms with E-state index >= 15 is 0 Å². The molecule has 0 amide bonds. The van der Waals surface area contributed by atoms with Crippen molar-refractivity contribution in [3.05, 3.63) is 69.9 Å². The summed E-state index contributed by atoms with van der Waals surface area (Å²) in [6.45, 7) is 20.0. The van der Waals surface area contributed by atoms with Gasteiger partial charge in [0.1, 0.15) is 0 Å². The summed E-state index contributed by atoms with van der Waals surface area (Å²) >= 11 is 0.